The van der Waals surface area contributed by atoms with E-state index in [0.717, 1.165) is 55.5 Å². The lowest BCUT2D eigenvalue weighted by Gasteiger charge is -2.29. The minimum Gasteiger partial charge on any atom is -0.307 e. The van der Waals surface area contributed by atoms with Crippen LogP contribution in [-0.4, -0.2) is 4.98 Å². The molecule has 0 aliphatic carbocycles. The number of para-hydroxylation sites is 3. The minimum atomic E-state index is -0.270. The number of anilines is 6. The number of nitrogens with zero attached hydrogens (tertiary/aromatic N) is 3. The SMILES string of the molecule is Fc1ccccc1N(c1ccccc1)c1ccc2ccc3c(N(c4ccccc4)c4ccccn4)ccc4ccc1c2c43. The topological polar surface area (TPSA) is 19.4 Å². The highest BCUT2D eigenvalue weighted by Crippen LogP contribution is 2.47. The van der Waals surface area contributed by atoms with Gasteiger partial charge < -0.3 is 4.90 Å². The lowest BCUT2D eigenvalue weighted by molar-refractivity contribution is 0.629. The Bertz CT molecular complexity index is 2160. The van der Waals surface area contributed by atoms with Gasteiger partial charge in [-0.3, -0.25) is 4.90 Å². The summed E-state index contributed by atoms with van der Waals surface area (Å²) in [5.74, 6) is 0.576. The van der Waals surface area contributed by atoms with Gasteiger partial charge in [0.25, 0.3) is 0 Å². The first-order valence-corrected chi connectivity index (χ1v) is 14.3. The van der Waals surface area contributed by atoms with Gasteiger partial charge >= 0.3 is 0 Å². The second kappa shape index (κ2) is 10.3. The molecular weight excluding hydrogens is 529 g/mol. The van der Waals surface area contributed by atoms with Gasteiger partial charge in [0.1, 0.15) is 11.6 Å². The molecule has 0 spiro atoms. The van der Waals surface area contributed by atoms with Crippen molar-refractivity contribution in [2.45, 2.75) is 0 Å². The van der Waals surface area contributed by atoms with E-state index in [2.05, 4.69) is 65.6 Å². The molecule has 0 unspecified atom stereocenters. The summed E-state index contributed by atoms with van der Waals surface area (Å²) in [6, 6.07) is 50.7. The smallest absolute Gasteiger partial charge is 0.147 e. The highest BCUT2D eigenvalue weighted by molar-refractivity contribution is 6.28. The Morgan fingerprint density at radius 2 is 0.930 bits per heavy atom. The van der Waals surface area contributed by atoms with E-state index in [4.69, 9.17) is 4.98 Å². The molecule has 1 aromatic heterocycles. The molecule has 3 nitrogen and oxygen atoms in total. The van der Waals surface area contributed by atoms with Crippen molar-refractivity contribution in [3.8, 4) is 0 Å². The molecular formula is C39H26FN3. The van der Waals surface area contributed by atoms with E-state index in [1.807, 2.05) is 90.0 Å². The Balaban J connectivity index is 1.42. The Morgan fingerprint density at radius 1 is 0.419 bits per heavy atom. The molecule has 0 N–H and O–H groups in total. The van der Waals surface area contributed by atoms with E-state index in [1.54, 1.807) is 6.07 Å². The highest BCUT2D eigenvalue weighted by Gasteiger charge is 2.22. The molecule has 0 saturated heterocycles. The van der Waals surface area contributed by atoms with Crippen molar-refractivity contribution in [3.63, 3.8) is 0 Å². The van der Waals surface area contributed by atoms with Crippen LogP contribution in [0.1, 0.15) is 0 Å². The molecule has 0 aliphatic rings. The fourth-order valence-electron chi connectivity index (χ4n) is 6.24. The summed E-state index contributed by atoms with van der Waals surface area (Å²) in [5, 5.41) is 6.80. The van der Waals surface area contributed by atoms with Crippen LogP contribution in [-0.2, 0) is 0 Å². The Morgan fingerprint density at radius 3 is 1.51 bits per heavy atom. The van der Waals surface area contributed by atoms with E-state index in [-0.39, 0.29) is 5.82 Å². The van der Waals surface area contributed by atoms with Crippen LogP contribution in [0, 0.1) is 5.82 Å². The van der Waals surface area contributed by atoms with Gasteiger partial charge in [-0.2, -0.15) is 0 Å². The van der Waals surface area contributed by atoms with Crippen molar-refractivity contribution in [2.24, 2.45) is 0 Å². The van der Waals surface area contributed by atoms with Crippen molar-refractivity contribution in [1.29, 1.82) is 0 Å². The van der Waals surface area contributed by atoms with E-state index >= 15 is 4.39 Å². The summed E-state index contributed by atoms with van der Waals surface area (Å²) in [7, 11) is 0. The normalized spacial score (nSPS) is 11.4. The molecule has 8 rings (SSSR count). The lowest BCUT2D eigenvalue weighted by atomic mass is 9.92. The number of aromatic nitrogens is 1. The molecule has 0 radical (unpaired) electrons. The zero-order valence-corrected chi connectivity index (χ0v) is 23.2. The van der Waals surface area contributed by atoms with Crippen LogP contribution in [0.5, 0.6) is 0 Å². The van der Waals surface area contributed by atoms with Crippen LogP contribution in [0.15, 0.2) is 158 Å². The van der Waals surface area contributed by atoms with E-state index < -0.39 is 0 Å². The number of pyridine rings is 1. The molecule has 43 heavy (non-hydrogen) atoms. The monoisotopic (exact) mass is 555 g/mol. The molecule has 0 atom stereocenters. The Hall–Kier alpha value is -5.74. The minimum absolute atomic E-state index is 0.270. The third kappa shape index (κ3) is 4.15. The van der Waals surface area contributed by atoms with Crippen LogP contribution in [0.4, 0.5) is 38.6 Å². The number of hydrogen-bond donors (Lipinski definition) is 0. The quantitative estimate of drug-likeness (QED) is 0.190. The lowest BCUT2D eigenvalue weighted by Crippen LogP contribution is -2.12. The van der Waals surface area contributed by atoms with Crippen molar-refractivity contribution in [3.05, 3.63) is 164 Å². The molecule has 0 aliphatic heterocycles. The zero-order valence-electron chi connectivity index (χ0n) is 23.2. The predicted octanol–water partition coefficient (Wildman–Crippen LogP) is 11.1. The van der Waals surface area contributed by atoms with Crippen LogP contribution in [0.3, 0.4) is 0 Å². The summed E-state index contributed by atoms with van der Waals surface area (Å²) in [5.41, 5.74) is 4.41. The van der Waals surface area contributed by atoms with Crippen LogP contribution < -0.4 is 9.80 Å². The molecule has 0 fully saturated rings. The molecule has 0 bridgehead atoms. The maximum atomic E-state index is 15.4. The summed E-state index contributed by atoms with van der Waals surface area (Å²) >= 11 is 0. The molecule has 204 valence electrons. The first kappa shape index (κ1) is 25.0. The number of benzene rings is 7. The van der Waals surface area contributed by atoms with Gasteiger partial charge in [0.15, 0.2) is 0 Å². The number of hydrogen-bond acceptors (Lipinski definition) is 3. The number of rotatable bonds is 6. The van der Waals surface area contributed by atoms with Crippen LogP contribution >= 0.6 is 0 Å². The van der Waals surface area contributed by atoms with Crippen molar-refractivity contribution in [2.75, 3.05) is 9.80 Å². The molecule has 7 aromatic carbocycles. The average Bonchev–Trinajstić information content (AvgIpc) is 3.07. The maximum absolute atomic E-state index is 15.4. The maximum Gasteiger partial charge on any atom is 0.147 e. The molecule has 0 amide bonds. The van der Waals surface area contributed by atoms with Crippen molar-refractivity contribution < 1.29 is 4.39 Å². The van der Waals surface area contributed by atoms with E-state index in [1.165, 1.54) is 11.5 Å². The fourth-order valence-corrected chi connectivity index (χ4v) is 6.24. The van der Waals surface area contributed by atoms with E-state index in [9.17, 15) is 0 Å². The largest absolute Gasteiger partial charge is 0.307 e. The first-order chi connectivity index (χ1) is 21.3. The summed E-state index contributed by atoms with van der Waals surface area (Å²) in [6.07, 6.45) is 1.83. The average molecular weight is 556 g/mol. The van der Waals surface area contributed by atoms with Gasteiger partial charge in [0.05, 0.1) is 17.1 Å². The van der Waals surface area contributed by atoms with Gasteiger partial charge in [0, 0.05) is 28.3 Å². The van der Waals surface area contributed by atoms with Crippen LogP contribution in [0.2, 0.25) is 0 Å². The summed E-state index contributed by atoms with van der Waals surface area (Å²) in [6.45, 7) is 0. The first-order valence-electron chi connectivity index (χ1n) is 14.3. The van der Waals surface area contributed by atoms with Crippen LogP contribution in [0.25, 0.3) is 32.3 Å². The third-order valence-electron chi connectivity index (χ3n) is 8.10. The highest BCUT2D eigenvalue weighted by atomic mass is 19.1. The van der Waals surface area contributed by atoms with Crippen molar-refractivity contribution >= 4 is 66.6 Å². The second-order valence-corrected chi connectivity index (χ2v) is 10.6. The number of halogens is 1. The fraction of sp³-hybridized carbons (Fsp3) is 0. The van der Waals surface area contributed by atoms with Gasteiger partial charge in [0.2, 0.25) is 0 Å². The molecule has 0 saturated carbocycles. The molecule has 1 heterocycles. The van der Waals surface area contributed by atoms with Gasteiger partial charge in [-0.25, -0.2) is 9.37 Å². The Kier molecular flexibility index (Phi) is 5.97. The summed E-state index contributed by atoms with van der Waals surface area (Å²) in [4.78, 5) is 8.97. The Labute approximate surface area is 249 Å². The van der Waals surface area contributed by atoms with Gasteiger partial charge in [-0.1, -0.05) is 91.0 Å². The second-order valence-electron chi connectivity index (χ2n) is 10.6. The standard InChI is InChI=1S/C39H26FN3/c40-33-15-7-8-16-36(33)42(29-11-3-1-4-12-29)34-24-20-27-19-23-32-35(25-21-28-18-22-31(34)38(27)39(28)32)43(30-13-5-2-6-14-30)37-17-9-10-26-41-37/h1-26H. The zero-order chi connectivity index (χ0) is 28.8. The molecule has 8 aromatic rings. The molecule has 4 heteroatoms. The van der Waals surface area contributed by atoms with Crippen molar-refractivity contribution in [1.82, 2.24) is 4.98 Å². The van der Waals surface area contributed by atoms with Gasteiger partial charge in [-0.05, 0) is 82.2 Å². The third-order valence-corrected chi connectivity index (χ3v) is 8.10. The van der Waals surface area contributed by atoms with Gasteiger partial charge in [-0.15, -0.1) is 0 Å². The predicted molar refractivity (Wildman–Crippen MR) is 177 cm³/mol. The summed E-state index contributed by atoms with van der Waals surface area (Å²) < 4.78 is 15.4. The van der Waals surface area contributed by atoms with E-state index in [0.29, 0.717) is 5.69 Å².